The third-order valence-corrected chi connectivity index (χ3v) is 8.12. The van der Waals surface area contributed by atoms with Crippen molar-refractivity contribution in [3.63, 3.8) is 0 Å². The maximum Gasteiger partial charge on any atom is 0.317 e. The zero-order chi connectivity index (χ0) is 27.4. The Morgan fingerprint density at radius 1 is 0.949 bits per heavy atom. The minimum Gasteiger partial charge on any atom is -0.369 e. The number of hydrogen-bond donors (Lipinski definition) is 3. The van der Waals surface area contributed by atoms with Gasteiger partial charge in [-0.2, -0.15) is 0 Å². The summed E-state index contributed by atoms with van der Waals surface area (Å²) in [5, 5.41) is 6.31. The van der Waals surface area contributed by atoms with Crippen LogP contribution in [-0.2, 0) is 0 Å². The molecule has 3 fully saturated rings. The molecule has 210 valence electrons. The lowest BCUT2D eigenvalue weighted by atomic mass is 10.1. The summed E-state index contributed by atoms with van der Waals surface area (Å²) >= 11 is 0. The number of carbonyl (C=O) groups excluding carboxylic acids is 2. The molecule has 0 radical (unpaired) electrons. The highest BCUT2D eigenvalue weighted by Gasteiger charge is 2.27. The van der Waals surface area contributed by atoms with Crippen LogP contribution < -0.4 is 26.2 Å². The van der Waals surface area contributed by atoms with Gasteiger partial charge in [-0.15, -0.1) is 0 Å². The first-order valence-electron chi connectivity index (χ1n) is 14.1. The molecule has 1 unspecified atom stereocenters. The number of nitrogens with zero attached hydrogens (tertiary/aromatic N) is 6. The van der Waals surface area contributed by atoms with Gasteiger partial charge < -0.3 is 31.1 Å². The zero-order valence-corrected chi connectivity index (χ0v) is 23.1. The summed E-state index contributed by atoms with van der Waals surface area (Å²) in [4.78, 5) is 42.0. The van der Waals surface area contributed by atoms with Crippen molar-refractivity contribution >= 4 is 34.9 Å². The first-order chi connectivity index (χ1) is 18.9. The van der Waals surface area contributed by atoms with E-state index in [4.69, 9.17) is 10.7 Å². The topological polar surface area (TPSA) is 123 Å². The number of carbonyl (C=O) groups is 2. The number of piperazine rings is 1. The highest BCUT2D eigenvalue weighted by molar-refractivity contribution is 5.96. The number of nitrogens with two attached hydrogens (primary N) is 1. The Labute approximate surface area is 230 Å². The van der Waals surface area contributed by atoms with Gasteiger partial charge in [0.25, 0.3) is 5.91 Å². The van der Waals surface area contributed by atoms with Gasteiger partial charge in [-0.3, -0.25) is 9.69 Å². The van der Waals surface area contributed by atoms with Crippen molar-refractivity contribution in [2.24, 2.45) is 5.73 Å². The minimum absolute atomic E-state index is 0.00949. The molecule has 1 saturated carbocycles. The average molecular weight is 536 g/mol. The maximum absolute atomic E-state index is 12.1. The molecule has 1 aromatic carbocycles. The Morgan fingerprint density at radius 2 is 1.67 bits per heavy atom. The molecular weight excluding hydrogens is 494 g/mol. The summed E-state index contributed by atoms with van der Waals surface area (Å²) in [6.07, 6.45) is 8.84. The zero-order valence-electron chi connectivity index (χ0n) is 23.1. The monoisotopic (exact) mass is 535 g/mol. The Morgan fingerprint density at radius 3 is 2.33 bits per heavy atom. The second-order valence-electron chi connectivity index (χ2n) is 11.1. The quantitative estimate of drug-likeness (QED) is 0.495. The van der Waals surface area contributed by atoms with E-state index >= 15 is 0 Å². The summed E-state index contributed by atoms with van der Waals surface area (Å²) < 4.78 is 0. The van der Waals surface area contributed by atoms with Gasteiger partial charge in [0.05, 0.1) is 6.20 Å². The molecular formula is C28H41N9O2. The summed E-state index contributed by atoms with van der Waals surface area (Å²) in [7, 11) is 3.46. The van der Waals surface area contributed by atoms with E-state index in [0.717, 1.165) is 57.3 Å². The van der Waals surface area contributed by atoms with Crippen molar-refractivity contribution in [1.29, 1.82) is 0 Å². The average Bonchev–Trinajstić information content (AvgIpc) is 3.49. The van der Waals surface area contributed by atoms with Gasteiger partial charge in [-0.25, -0.2) is 14.8 Å². The van der Waals surface area contributed by atoms with Crippen LogP contribution in [0.1, 0.15) is 49.0 Å². The molecule has 1 aliphatic carbocycles. The van der Waals surface area contributed by atoms with E-state index in [-0.39, 0.29) is 17.8 Å². The summed E-state index contributed by atoms with van der Waals surface area (Å²) in [6.45, 7) is 5.71. The summed E-state index contributed by atoms with van der Waals surface area (Å²) in [5.74, 6) is 0.337. The summed E-state index contributed by atoms with van der Waals surface area (Å²) in [6, 6.07) is 8.91. The molecule has 3 aliphatic rings. The lowest BCUT2D eigenvalue weighted by molar-refractivity contribution is 0.0996. The Hall–Kier alpha value is -3.60. The second kappa shape index (κ2) is 12.1. The predicted molar refractivity (Wildman–Crippen MR) is 154 cm³/mol. The van der Waals surface area contributed by atoms with Crippen LogP contribution in [0.2, 0.25) is 0 Å². The molecule has 11 heteroatoms. The van der Waals surface area contributed by atoms with E-state index in [1.54, 1.807) is 20.3 Å². The number of benzene rings is 1. The van der Waals surface area contributed by atoms with Crippen LogP contribution in [0.4, 0.5) is 27.8 Å². The van der Waals surface area contributed by atoms with Crippen molar-refractivity contribution in [2.75, 3.05) is 68.5 Å². The van der Waals surface area contributed by atoms with Gasteiger partial charge in [-0.1, -0.05) is 12.8 Å². The standard InChI is InChI=1S/C28H41N9O2/c1-34(2)28(39)32-21-6-5-13-37(19-21)24-18-30-25(26(29)38)27(33-24)31-20-9-11-23(12-10-20)36-16-14-35(15-17-36)22-7-3-4-8-22/h9-12,18,21-22H,3-8,13-17,19H2,1-2H3,(H2,29,38)(H,31,33)(H,32,39). The van der Waals surface area contributed by atoms with Gasteiger partial charge in [0, 0.05) is 76.8 Å². The molecule has 1 atom stereocenters. The molecule has 3 amide bonds. The van der Waals surface area contributed by atoms with Crippen LogP contribution in [0, 0.1) is 0 Å². The predicted octanol–water partition coefficient (Wildman–Crippen LogP) is 2.62. The van der Waals surface area contributed by atoms with Crippen molar-refractivity contribution in [3.8, 4) is 0 Å². The molecule has 4 N–H and O–H groups in total. The van der Waals surface area contributed by atoms with Gasteiger partial charge in [0.15, 0.2) is 11.5 Å². The molecule has 2 aliphatic heterocycles. The number of amides is 3. The normalized spacial score (nSPS) is 20.6. The first kappa shape index (κ1) is 27.0. The smallest absolute Gasteiger partial charge is 0.317 e. The number of aromatic nitrogens is 2. The van der Waals surface area contributed by atoms with Crippen molar-refractivity contribution in [2.45, 2.75) is 50.6 Å². The van der Waals surface area contributed by atoms with E-state index in [2.05, 4.69) is 42.5 Å². The largest absolute Gasteiger partial charge is 0.369 e. The minimum atomic E-state index is -0.636. The number of nitrogens with one attached hydrogen (secondary N) is 2. The molecule has 5 rings (SSSR count). The lowest BCUT2D eigenvalue weighted by Gasteiger charge is -2.39. The molecule has 2 aromatic rings. The Kier molecular flexibility index (Phi) is 8.35. The molecule has 3 heterocycles. The van der Waals surface area contributed by atoms with Gasteiger partial charge in [0.1, 0.15) is 5.82 Å². The first-order valence-corrected chi connectivity index (χ1v) is 14.1. The Bertz CT molecular complexity index is 1140. The third kappa shape index (κ3) is 6.52. The van der Waals surface area contributed by atoms with E-state index < -0.39 is 5.91 Å². The number of piperidine rings is 1. The maximum atomic E-state index is 12.1. The number of hydrogen-bond acceptors (Lipinski definition) is 8. The number of urea groups is 1. The fraction of sp³-hybridized carbons (Fsp3) is 0.571. The lowest BCUT2D eigenvalue weighted by Crippen LogP contribution is -2.50. The molecule has 11 nitrogen and oxygen atoms in total. The van der Waals surface area contributed by atoms with E-state index in [1.165, 1.54) is 36.3 Å². The van der Waals surface area contributed by atoms with Crippen molar-refractivity contribution < 1.29 is 9.59 Å². The van der Waals surface area contributed by atoms with Crippen LogP contribution in [0.3, 0.4) is 0 Å². The molecule has 39 heavy (non-hydrogen) atoms. The van der Waals surface area contributed by atoms with Crippen LogP contribution in [0.25, 0.3) is 0 Å². The summed E-state index contributed by atoms with van der Waals surface area (Å²) in [5.41, 5.74) is 7.73. The molecule has 2 saturated heterocycles. The second-order valence-corrected chi connectivity index (χ2v) is 11.1. The van der Waals surface area contributed by atoms with Crippen LogP contribution in [0.5, 0.6) is 0 Å². The van der Waals surface area contributed by atoms with E-state index in [1.807, 2.05) is 12.1 Å². The highest BCUT2D eigenvalue weighted by Crippen LogP contribution is 2.28. The molecule has 1 aromatic heterocycles. The fourth-order valence-electron chi connectivity index (χ4n) is 5.91. The third-order valence-electron chi connectivity index (χ3n) is 8.12. The van der Waals surface area contributed by atoms with Crippen LogP contribution in [0.15, 0.2) is 30.5 Å². The Balaban J connectivity index is 1.24. The SMILES string of the molecule is CN(C)C(=O)NC1CCCN(c2cnc(C(N)=O)c(Nc3ccc(N4CCN(C5CCCC5)CC4)cc3)n2)C1. The number of rotatable bonds is 7. The van der Waals surface area contributed by atoms with Crippen molar-refractivity contribution in [1.82, 2.24) is 25.1 Å². The van der Waals surface area contributed by atoms with Crippen LogP contribution >= 0.6 is 0 Å². The molecule has 0 bridgehead atoms. The van der Waals surface area contributed by atoms with Crippen molar-refractivity contribution in [3.05, 3.63) is 36.2 Å². The van der Waals surface area contributed by atoms with E-state index in [0.29, 0.717) is 18.2 Å². The van der Waals surface area contributed by atoms with Crippen LogP contribution in [-0.4, -0.2) is 97.2 Å². The molecule has 0 spiro atoms. The number of primary amides is 1. The highest BCUT2D eigenvalue weighted by atomic mass is 16.2. The number of anilines is 4. The van der Waals surface area contributed by atoms with Gasteiger partial charge in [0.2, 0.25) is 0 Å². The van der Waals surface area contributed by atoms with Gasteiger partial charge in [-0.05, 0) is 49.9 Å². The van der Waals surface area contributed by atoms with E-state index in [9.17, 15) is 9.59 Å². The fourth-order valence-corrected chi connectivity index (χ4v) is 5.91. The van der Waals surface area contributed by atoms with Gasteiger partial charge >= 0.3 is 6.03 Å².